The fourth-order valence-electron chi connectivity index (χ4n) is 2.19. The molecule has 20 heavy (non-hydrogen) atoms. The Morgan fingerprint density at radius 1 is 1.35 bits per heavy atom. The third-order valence-corrected chi connectivity index (χ3v) is 3.31. The van der Waals surface area contributed by atoms with Gasteiger partial charge in [0.2, 0.25) is 5.91 Å². The molecule has 0 radical (unpaired) electrons. The summed E-state index contributed by atoms with van der Waals surface area (Å²) in [5.41, 5.74) is 1.50. The third kappa shape index (κ3) is 5.33. The lowest BCUT2D eigenvalue weighted by atomic mass is 10.1. The van der Waals surface area contributed by atoms with Crippen LogP contribution in [0.3, 0.4) is 0 Å². The topological polar surface area (TPSA) is 75.6 Å². The number of carbonyl (C=O) groups excluding carboxylic acids is 1. The lowest BCUT2D eigenvalue weighted by Crippen LogP contribution is -2.42. The van der Waals surface area contributed by atoms with Crippen LogP contribution in [-0.4, -0.2) is 35.2 Å². The standard InChI is InChI=1S/C15H25NO4/c1-10-6-5-7-11(10)13(17)16-12(14(18)19)8-9-20-15(2,3)4/h12H,5-9H2,1-4H3,(H,16,17)(H,18,19). The Bertz CT molecular complexity index is 407. The Hall–Kier alpha value is -1.36. The van der Waals surface area contributed by atoms with Gasteiger partial charge in [-0.25, -0.2) is 4.79 Å². The number of ether oxygens (including phenoxy) is 1. The molecule has 0 aromatic carbocycles. The molecular weight excluding hydrogens is 258 g/mol. The second-order valence-corrected chi connectivity index (χ2v) is 6.23. The van der Waals surface area contributed by atoms with Gasteiger partial charge in [0.1, 0.15) is 6.04 Å². The Labute approximate surface area is 120 Å². The molecule has 0 saturated heterocycles. The number of nitrogens with one attached hydrogen (secondary N) is 1. The highest BCUT2D eigenvalue weighted by Crippen LogP contribution is 2.25. The summed E-state index contributed by atoms with van der Waals surface area (Å²) in [6, 6.07) is -0.897. The third-order valence-electron chi connectivity index (χ3n) is 3.31. The summed E-state index contributed by atoms with van der Waals surface area (Å²) in [6.07, 6.45) is 2.90. The summed E-state index contributed by atoms with van der Waals surface area (Å²) in [5.74, 6) is -1.27. The van der Waals surface area contributed by atoms with Crippen LogP contribution in [-0.2, 0) is 14.3 Å². The van der Waals surface area contributed by atoms with E-state index in [1.807, 2.05) is 27.7 Å². The molecule has 0 bridgehead atoms. The number of carboxylic acid groups (broad SMARTS) is 1. The van der Waals surface area contributed by atoms with Crippen molar-refractivity contribution in [3.05, 3.63) is 11.1 Å². The molecule has 1 unspecified atom stereocenters. The van der Waals surface area contributed by atoms with Crippen LogP contribution in [0.1, 0.15) is 53.4 Å². The molecule has 1 atom stereocenters. The Kier molecular flexibility index (Phi) is 5.74. The molecule has 0 aliphatic heterocycles. The van der Waals surface area contributed by atoms with Crippen LogP contribution in [0.15, 0.2) is 11.1 Å². The molecule has 0 aromatic rings. The Morgan fingerprint density at radius 2 is 2.00 bits per heavy atom. The van der Waals surface area contributed by atoms with E-state index in [1.165, 1.54) is 0 Å². The first-order valence-electron chi connectivity index (χ1n) is 7.07. The van der Waals surface area contributed by atoms with Gasteiger partial charge < -0.3 is 15.2 Å². The van der Waals surface area contributed by atoms with Gasteiger partial charge in [0.25, 0.3) is 0 Å². The molecule has 0 fully saturated rings. The highest BCUT2D eigenvalue weighted by molar-refractivity contribution is 5.96. The molecule has 0 spiro atoms. The number of rotatable bonds is 6. The van der Waals surface area contributed by atoms with Crippen molar-refractivity contribution in [2.45, 2.75) is 65.0 Å². The molecule has 2 N–H and O–H groups in total. The SMILES string of the molecule is CC1=C(C(=O)NC(CCOC(C)(C)C)C(=O)O)CCC1. The molecule has 1 rings (SSSR count). The molecule has 1 aliphatic carbocycles. The summed E-state index contributed by atoms with van der Waals surface area (Å²) in [4.78, 5) is 23.3. The first-order chi connectivity index (χ1) is 9.20. The van der Waals surface area contributed by atoms with Crippen molar-refractivity contribution < 1.29 is 19.4 Å². The van der Waals surface area contributed by atoms with Gasteiger partial charge in [-0.05, 0) is 47.0 Å². The highest BCUT2D eigenvalue weighted by atomic mass is 16.5. The molecule has 5 heteroatoms. The number of amides is 1. The summed E-state index contributed by atoms with van der Waals surface area (Å²) in [6.45, 7) is 7.97. The van der Waals surface area contributed by atoms with Crippen molar-refractivity contribution in [2.24, 2.45) is 0 Å². The minimum absolute atomic E-state index is 0.247. The molecule has 0 heterocycles. The van der Waals surface area contributed by atoms with Crippen molar-refractivity contribution in [1.82, 2.24) is 5.32 Å². The zero-order chi connectivity index (χ0) is 15.3. The maximum Gasteiger partial charge on any atom is 0.326 e. The first kappa shape index (κ1) is 16.7. The van der Waals surface area contributed by atoms with E-state index in [-0.39, 0.29) is 17.9 Å². The zero-order valence-corrected chi connectivity index (χ0v) is 12.8. The molecule has 5 nitrogen and oxygen atoms in total. The predicted molar refractivity (Wildman–Crippen MR) is 76.4 cm³/mol. The van der Waals surface area contributed by atoms with Gasteiger partial charge in [-0.3, -0.25) is 4.79 Å². The highest BCUT2D eigenvalue weighted by Gasteiger charge is 2.25. The van der Waals surface area contributed by atoms with Crippen LogP contribution in [0, 0.1) is 0 Å². The van der Waals surface area contributed by atoms with Gasteiger partial charge in [0.15, 0.2) is 0 Å². The van der Waals surface area contributed by atoms with Crippen molar-refractivity contribution in [3.8, 4) is 0 Å². The van der Waals surface area contributed by atoms with Gasteiger partial charge in [-0.15, -0.1) is 0 Å². The minimum atomic E-state index is -1.02. The van der Waals surface area contributed by atoms with Gasteiger partial charge in [0.05, 0.1) is 5.60 Å². The molecular formula is C15H25NO4. The van der Waals surface area contributed by atoms with Crippen LogP contribution in [0.25, 0.3) is 0 Å². The smallest absolute Gasteiger partial charge is 0.326 e. The summed E-state index contributed by atoms with van der Waals surface area (Å²) in [7, 11) is 0. The van der Waals surface area contributed by atoms with Gasteiger partial charge in [-0.1, -0.05) is 5.57 Å². The molecule has 1 amide bonds. The number of hydrogen-bond acceptors (Lipinski definition) is 3. The van der Waals surface area contributed by atoms with Crippen molar-refractivity contribution in [2.75, 3.05) is 6.61 Å². The van der Waals surface area contributed by atoms with E-state index < -0.39 is 12.0 Å². The van der Waals surface area contributed by atoms with Gasteiger partial charge in [-0.2, -0.15) is 0 Å². The monoisotopic (exact) mass is 283 g/mol. The maximum absolute atomic E-state index is 12.1. The van der Waals surface area contributed by atoms with E-state index in [9.17, 15) is 14.7 Å². The molecule has 1 aliphatic rings. The van der Waals surface area contributed by atoms with Crippen LogP contribution in [0.5, 0.6) is 0 Å². The fourth-order valence-corrected chi connectivity index (χ4v) is 2.19. The quantitative estimate of drug-likeness (QED) is 0.784. The second-order valence-electron chi connectivity index (χ2n) is 6.23. The maximum atomic E-state index is 12.1. The van der Waals surface area contributed by atoms with E-state index in [0.717, 1.165) is 30.4 Å². The summed E-state index contributed by atoms with van der Waals surface area (Å²) in [5, 5.41) is 11.8. The summed E-state index contributed by atoms with van der Waals surface area (Å²) >= 11 is 0. The average Bonchev–Trinajstić information content (AvgIpc) is 2.72. The van der Waals surface area contributed by atoms with Crippen LogP contribution >= 0.6 is 0 Å². The van der Waals surface area contributed by atoms with Gasteiger partial charge in [0, 0.05) is 18.6 Å². The first-order valence-corrected chi connectivity index (χ1v) is 7.07. The number of hydrogen-bond donors (Lipinski definition) is 2. The predicted octanol–water partition coefficient (Wildman–Crippen LogP) is 2.26. The van der Waals surface area contributed by atoms with E-state index in [4.69, 9.17) is 4.74 Å². The van der Waals surface area contributed by atoms with E-state index in [1.54, 1.807) is 0 Å². The second kappa shape index (κ2) is 6.88. The van der Waals surface area contributed by atoms with Crippen molar-refractivity contribution in [3.63, 3.8) is 0 Å². The van der Waals surface area contributed by atoms with E-state index in [2.05, 4.69) is 5.32 Å². The molecule has 0 saturated carbocycles. The minimum Gasteiger partial charge on any atom is -0.480 e. The lowest BCUT2D eigenvalue weighted by Gasteiger charge is -2.21. The summed E-state index contributed by atoms with van der Waals surface area (Å²) < 4.78 is 5.51. The molecule has 0 aromatic heterocycles. The van der Waals surface area contributed by atoms with Crippen LogP contribution < -0.4 is 5.32 Å². The van der Waals surface area contributed by atoms with Gasteiger partial charge >= 0.3 is 5.97 Å². The van der Waals surface area contributed by atoms with E-state index >= 15 is 0 Å². The number of aliphatic carboxylic acids is 1. The number of carbonyl (C=O) groups is 2. The van der Waals surface area contributed by atoms with Crippen molar-refractivity contribution in [1.29, 1.82) is 0 Å². The largest absolute Gasteiger partial charge is 0.480 e. The number of allylic oxidation sites excluding steroid dienone is 1. The van der Waals surface area contributed by atoms with E-state index in [0.29, 0.717) is 6.61 Å². The van der Waals surface area contributed by atoms with Crippen molar-refractivity contribution >= 4 is 11.9 Å². The molecule has 114 valence electrons. The average molecular weight is 283 g/mol. The fraction of sp³-hybridized carbons (Fsp3) is 0.733. The normalized spacial score (nSPS) is 17.2. The lowest BCUT2D eigenvalue weighted by molar-refractivity contribution is -0.142. The Balaban J connectivity index is 2.53. The van der Waals surface area contributed by atoms with Crippen LogP contribution in [0.2, 0.25) is 0 Å². The van der Waals surface area contributed by atoms with Crippen LogP contribution in [0.4, 0.5) is 0 Å². The zero-order valence-electron chi connectivity index (χ0n) is 12.8. The number of carboxylic acids is 1. The Morgan fingerprint density at radius 3 is 2.45 bits per heavy atom.